The molecule has 0 aromatic heterocycles. The number of nitro groups is 2. The number of non-ortho nitro benzene ring substituents is 2. The molecule has 3 rings (SSSR count). The molecule has 0 saturated heterocycles. The quantitative estimate of drug-likeness (QED) is 0.234. The summed E-state index contributed by atoms with van der Waals surface area (Å²) in [5.74, 6) is 0.597. The Morgan fingerprint density at radius 3 is 2.20 bits per heavy atom. The number of nitriles is 1. The highest BCUT2D eigenvalue weighted by Crippen LogP contribution is 2.23. The Morgan fingerprint density at radius 2 is 1.60 bits per heavy atom. The van der Waals surface area contributed by atoms with Gasteiger partial charge in [0.05, 0.1) is 21.5 Å². The molecule has 0 fully saturated rings. The lowest BCUT2D eigenvalue weighted by atomic mass is 10.0. The molecule has 0 aliphatic carbocycles. The van der Waals surface area contributed by atoms with E-state index >= 15 is 0 Å². The molecule has 0 heterocycles. The molecule has 30 heavy (non-hydrogen) atoms. The van der Waals surface area contributed by atoms with Crippen molar-refractivity contribution < 1.29 is 14.6 Å². The molecule has 3 aromatic carbocycles. The summed E-state index contributed by atoms with van der Waals surface area (Å²) in [6.45, 7) is 0.254. The first kappa shape index (κ1) is 20.2. The number of benzene rings is 3. The lowest BCUT2D eigenvalue weighted by Gasteiger charge is -2.07. The Bertz CT molecular complexity index is 1150. The number of hydrogen-bond acceptors (Lipinski definition) is 6. The average molecular weight is 401 g/mol. The number of rotatable bonds is 7. The molecule has 0 spiro atoms. The van der Waals surface area contributed by atoms with Gasteiger partial charge in [-0.3, -0.25) is 20.2 Å². The van der Waals surface area contributed by atoms with Crippen LogP contribution in [0.2, 0.25) is 0 Å². The van der Waals surface area contributed by atoms with Crippen LogP contribution in [0.1, 0.15) is 16.7 Å². The van der Waals surface area contributed by atoms with Gasteiger partial charge in [0, 0.05) is 24.3 Å². The summed E-state index contributed by atoms with van der Waals surface area (Å²) in [6, 6.07) is 21.1. The van der Waals surface area contributed by atoms with Crippen LogP contribution in [-0.4, -0.2) is 9.85 Å². The topological polar surface area (TPSA) is 119 Å². The van der Waals surface area contributed by atoms with Crippen LogP contribution in [0.3, 0.4) is 0 Å². The van der Waals surface area contributed by atoms with Gasteiger partial charge in [-0.05, 0) is 47.0 Å². The molecular weight excluding hydrogens is 386 g/mol. The van der Waals surface area contributed by atoms with Crippen LogP contribution in [0, 0.1) is 31.6 Å². The second kappa shape index (κ2) is 9.12. The van der Waals surface area contributed by atoms with Crippen molar-refractivity contribution in [2.75, 3.05) is 0 Å². The standard InChI is InChI=1S/C22H15N3O5/c23-14-19(18-2-1-3-21(13-18)25(28)29)12-16-6-10-22(11-7-16)30-15-17-4-8-20(9-5-17)24(26)27/h1-13H,15H2/b19-12-. The summed E-state index contributed by atoms with van der Waals surface area (Å²) in [5, 5.41) is 31.0. The lowest BCUT2D eigenvalue weighted by molar-refractivity contribution is -0.385. The van der Waals surface area contributed by atoms with Crippen molar-refractivity contribution in [1.82, 2.24) is 0 Å². The van der Waals surface area contributed by atoms with Crippen LogP contribution < -0.4 is 4.74 Å². The van der Waals surface area contributed by atoms with Gasteiger partial charge >= 0.3 is 0 Å². The minimum atomic E-state index is -0.504. The maximum Gasteiger partial charge on any atom is 0.270 e. The Balaban J connectivity index is 1.70. The zero-order valence-electron chi connectivity index (χ0n) is 15.6. The van der Waals surface area contributed by atoms with Crippen LogP contribution in [0.4, 0.5) is 11.4 Å². The molecule has 148 valence electrons. The second-order valence-electron chi connectivity index (χ2n) is 6.26. The van der Waals surface area contributed by atoms with E-state index in [9.17, 15) is 25.5 Å². The summed E-state index contributed by atoms with van der Waals surface area (Å²) in [6.07, 6.45) is 1.64. The fraction of sp³-hybridized carbons (Fsp3) is 0.0455. The van der Waals surface area contributed by atoms with Gasteiger partial charge in [0.1, 0.15) is 12.4 Å². The molecule has 8 heteroatoms. The first-order chi connectivity index (χ1) is 14.5. The summed E-state index contributed by atoms with van der Waals surface area (Å²) in [7, 11) is 0. The summed E-state index contributed by atoms with van der Waals surface area (Å²) < 4.78 is 5.67. The maximum atomic E-state index is 10.9. The van der Waals surface area contributed by atoms with E-state index in [1.165, 1.54) is 30.3 Å². The number of nitro benzene ring substituents is 2. The SMILES string of the molecule is N#C/C(=C/c1ccc(OCc2ccc([N+](=O)[O-])cc2)cc1)c1cccc([N+](=O)[O-])c1. The molecule has 0 radical (unpaired) electrons. The molecule has 0 aliphatic heterocycles. The Hall–Kier alpha value is -4.51. The van der Waals surface area contributed by atoms with Crippen LogP contribution in [-0.2, 0) is 6.61 Å². The van der Waals surface area contributed by atoms with Crippen molar-refractivity contribution in [3.63, 3.8) is 0 Å². The van der Waals surface area contributed by atoms with Crippen LogP contribution in [0.25, 0.3) is 11.6 Å². The first-order valence-corrected chi connectivity index (χ1v) is 8.79. The molecule has 0 saturated carbocycles. The third-order valence-electron chi connectivity index (χ3n) is 4.23. The molecular formula is C22H15N3O5. The molecule has 8 nitrogen and oxygen atoms in total. The molecule has 0 amide bonds. The van der Waals surface area contributed by atoms with E-state index in [4.69, 9.17) is 4.74 Å². The van der Waals surface area contributed by atoms with E-state index in [-0.39, 0.29) is 18.0 Å². The normalized spacial score (nSPS) is 10.8. The van der Waals surface area contributed by atoms with Crippen molar-refractivity contribution in [3.8, 4) is 11.8 Å². The van der Waals surface area contributed by atoms with E-state index in [0.717, 1.165) is 11.1 Å². The van der Waals surface area contributed by atoms with E-state index in [2.05, 4.69) is 6.07 Å². The highest BCUT2D eigenvalue weighted by atomic mass is 16.6. The fourth-order valence-electron chi connectivity index (χ4n) is 2.67. The zero-order valence-corrected chi connectivity index (χ0v) is 15.6. The predicted molar refractivity (Wildman–Crippen MR) is 110 cm³/mol. The minimum absolute atomic E-state index is 0.0203. The van der Waals surface area contributed by atoms with Gasteiger partial charge in [-0.1, -0.05) is 24.3 Å². The Labute approximate surface area is 171 Å². The molecule has 0 N–H and O–H groups in total. The fourth-order valence-corrected chi connectivity index (χ4v) is 2.67. The molecule has 0 unspecified atom stereocenters. The second-order valence-corrected chi connectivity index (χ2v) is 6.26. The van der Waals surface area contributed by atoms with Gasteiger partial charge in [-0.25, -0.2) is 0 Å². The largest absolute Gasteiger partial charge is 0.489 e. The summed E-state index contributed by atoms with van der Waals surface area (Å²) in [4.78, 5) is 20.6. The smallest absolute Gasteiger partial charge is 0.270 e. The third kappa shape index (κ3) is 5.05. The van der Waals surface area contributed by atoms with Crippen molar-refractivity contribution >= 4 is 23.0 Å². The van der Waals surface area contributed by atoms with Gasteiger partial charge in [0.15, 0.2) is 0 Å². The molecule has 0 atom stereocenters. The van der Waals surface area contributed by atoms with Gasteiger partial charge in [0.25, 0.3) is 11.4 Å². The third-order valence-corrected chi connectivity index (χ3v) is 4.23. The van der Waals surface area contributed by atoms with Crippen LogP contribution in [0.15, 0.2) is 72.8 Å². The highest BCUT2D eigenvalue weighted by molar-refractivity contribution is 5.90. The molecule has 0 bridgehead atoms. The van der Waals surface area contributed by atoms with Gasteiger partial charge in [-0.15, -0.1) is 0 Å². The van der Waals surface area contributed by atoms with E-state index < -0.39 is 9.85 Å². The van der Waals surface area contributed by atoms with Gasteiger partial charge in [0.2, 0.25) is 0 Å². The summed E-state index contributed by atoms with van der Waals surface area (Å²) in [5.41, 5.74) is 2.24. The maximum absolute atomic E-state index is 10.9. The van der Waals surface area contributed by atoms with Gasteiger partial charge in [-0.2, -0.15) is 5.26 Å². The zero-order chi connectivity index (χ0) is 21.5. The van der Waals surface area contributed by atoms with E-state index in [1.807, 2.05) is 0 Å². The van der Waals surface area contributed by atoms with Crippen molar-refractivity contribution in [2.45, 2.75) is 6.61 Å². The lowest BCUT2D eigenvalue weighted by Crippen LogP contribution is -1.96. The number of ether oxygens (including phenoxy) is 1. The van der Waals surface area contributed by atoms with E-state index in [0.29, 0.717) is 16.9 Å². The Morgan fingerprint density at radius 1 is 0.933 bits per heavy atom. The Kier molecular flexibility index (Phi) is 6.15. The predicted octanol–water partition coefficient (Wildman–Crippen LogP) is 5.15. The van der Waals surface area contributed by atoms with Crippen molar-refractivity contribution in [1.29, 1.82) is 5.26 Å². The number of allylic oxidation sites excluding steroid dienone is 1. The summed E-state index contributed by atoms with van der Waals surface area (Å²) >= 11 is 0. The van der Waals surface area contributed by atoms with Crippen LogP contribution >= 0.6 is 0 Å². The molecule has 3 aromatic rings. The van der Waals surface area contributed by atoms with Crippen molar-refractivity contribution in [3.05, 3.63) is 110 Å². The number of hydrogen-bond donors (Lipinski definition) is 0. The number of nitrogens with zero attached hydrogens (tertiary/aromatic N) is 3. The molecule has 0 aliphatic rings. The highest BCUT2D eigenvalue weighted by Gasteiger charge is 2.09. The van der Waals surface area contributed by atoms with Gasteiger partial charge < -0.3 is 4.74 Å². The van der Waals surface area contributed by atoms with E-state index in [1.54, 1.807) is 48.5 Å². The first-order valence-electron chi connectivity index (χ1n) is 8.79. The van der Waals surface area contributed by atoms with Crippen LogP contribution in [0.5, 0.6) is 5.75 Å². The minimum Gasteiger partial charge on any atom is -0.489 e. The average Bonchev–Trinajstić information content (AvgIpc) is 2.77. The monoisotopic (exact) mass is 401 g/mol. The van der Waals surface area contributed by atoms with Crippen molar-refractivity contribution in [2.24, 2.45) is 0 Å².